The summed E-state index contributed by atoms with van der Waals surface area (Å²) < 4.78 is 5.73. The zero-order valence-electron chi connectivity index (χ0n) is 17.9. The molecule has 0 amide bonds. The SMILES string of the molecule is C(#Cc1ccccc1)COCC#C[Si](c1ccccc1)(c1ccccc1)c1ccccc1. The van der Waals surface area contributed by atoms with E-state index in [2.05, 4.69) is 114 Å². The predicted octanol–water partition coefficient (Wildman–Crippen LogP) is 3.77. The zero-order chi connectivity index (χ0) is 21.9. The molecule has 0 aromatic heterocycles. The fourth-order valence-electron chi connectivity index (χ4n) is 3.76. The van der Waals surface area contributed by atoms with Crippen LogP contribution in [0.4, 0.5) is 0 Å². The molecule has 154 valence electrons. The molecule has 0 bridgehead atoms. The lowest BCUT2D eigenvalue weighted by atomic mass is 10.2. The van der Waals surface area contributed by atoms with Crippen molar-refractivity contribution in [1.82, 2.24) is 0 Å². The molecule has 0 N–H and O–H groups in total. The highest BCUT2D eigenvalue weighted by molar-refractivity contribution is 7.16. The standard InChI is InChI=1S/C30H24OSi/c1-5-15-27(16-6-1)17-13-24-31-25-14-26-32(28-18-7-2-8-19-28,29-20-9-3-10-21-29)30-22-11-4-12-23-30/h1-12,15-16,18-23H,24-25H2. The van der Waals surface area contributed by atoms with Crippen LogP contribution < -0.4 is 15.6 Å². The highest BCUT2D eigenvalue weighted by atomic mass is 28.3. The highest BCUT2D eigenvalue weighted by Gasteiger charge is 2.38. The van der Waals surface area contributed by atoms with Gasteiger partial charge in [-0.1, -0.05) is 127 Å². The van der Waals surface area contributed by atoms with Crippen LogP contribution in [0.5, 0.6) is 0 Å². The van der Waals surface area contributed by atoms with Crippen LogP contribution >= 0.6 is 0 Å². The largest absolute Gasteiger partial charge is 0.356 e. The first-order valence-electron chi connectivity index (χ1n) is 10.7. The number of ether oxygens (including phenoxy) is 1. The van der Waals surface area contributed by atoms with Crippen LogP contribution in [0.3, 0.4) is 0 Å². The second kappa shape index (κ2) is 11.0. The lowest BCUT2D eigenvalue weighted by Crippen LogP contribution is -2.66. The topological polar surface area (TPSA) is 9.23 Å². The van der Waals surface area contributed by atoms with E-state index >= 15 is 0 Å². The maximum Gasteiger partial charge on any atom is 0.229 e. The molecule has 1 nitrogen and oxygen atoms in total. The average molecular weight is 429 g/mol. The fraction of sp³-hybridized carbons (Fsp3) is 0.0667. The molecule has 0 aliphatic rings. The minimum absolute atomic E-state index is 0.352. The molecular formula is C30H24OSi. The smallest absolute Gasteiger partial charge is 0.229 e. The zero-order valence-corrected chi connectivity index (χ0v) is 18.9. The number of benzene rings is 4. The minimum Gasteiger partial charge on any atom is -0.356 e. The molecular weight excluding hydrogens is 404 g/mol. The van der Waals surface area contributed by atoms with Crippen molar-refractivity contribution < 1.29 is 4.74 Å². The van der Waals surface area contributed by atoms with Crippen molar-refractivity contribution in [1.29, 1.82) is 0 Å². The third-order valence-corrected chi connectivity index (χ3v) is 9.40. The van der Waals surface area contributed by atoms with E-state index in [4.69, 9.17) is 4.74 Å². The van der Waals surface area contributed by atoms with Crippen LogP contribution in [0, 0.1) is 23.3 Å². The first-order valence-corrected chi connectivity index (χ1v) is 12.7. The molecule has 0 aliphatic heterocycles. The molecule has 0 saturated heterocycles. The molecule has 0 spiro atoms. The number of hydrogen-bond donors (Lipinski definition) is 0. The van der Waals surface area contributed by atoms with Crippen molar-refractivity contribution in [2.24, 2.45) is 0 Å². The predicted molar refractivity (Wildman–Crippen MR) is 136 cm³/mol. The van der Waals surface area contributed by atoms with Crippen LogP contribution in [-0.2, 0) is 4.74 Å². The Balaban J connectivity index is 1.63. The van der Waals surface area contributed by atoms with Crippen LogP contribution in [0.2, 0.25) is 0 Å². The number of rotatable bonds is 5. The van der Waals surface area contributed by atoms with Gasteiger partial charge in [-0.05, 0) is 27.7 Å². The van der Waals surface area contributed by atoms with E-state index < -0.39 is 8.07 Å². The van der Waals surface area contributed by atoms with E-state index in [1.807, 2.05) is 30.3 Å². The Morgan fingerprint density at radius 3 is 1.38 bits per heavy atom. The van der Waals surface area contributed by atoms with Crippen LogP contribution in [0.1, 0.15) is 5.56 Å². The average Bonchev–Trinajstić information content (AvgIpc) is 2.88. The van der Waals surface area contributed by atoms with Gasteiger partial charge in [0.05, 0.1) is 0 Å². The lowest BCUT2D eigenvalue weighted by molar-refractivity contribution is 0.204. The third-order valence-electron chi connectivity index (χ3n) is 5.25. The quantitative estimate of drug-likeness (QED) is 0.204. The summed E-state index contributed by atoms with van der Waals surface area (Å²) in [6.45, 7) is 0.713. The van der Waals surface area contributed by atoms with E-state index in [1.165, 1.54) is 15.6 Å². The summed E-state index contributed by atoms with van der Waals surface area (Å²) >= 11 is 0. The van der Waals surface area contributed by atoms with Crippen molar-refractivity contribution in [2.75, 3.05) is 13.2 Å². The molecule has 4 rings (SSSR count). The molecule has 0 heterocycles. The fourth-order valence-corrected chi connectivity index (χ4v) is 7.61. The summed E-state index contributed by atoms with van der Waals surface area (Å²) in [7, 11) is -2.52. The molecule has 0 unspecified atom stereocenters. The Morgan fingerprint density at radius 2 is 0.906 bits per heavy atom. The van der Waals surface area contributed by atoms with Gasteiger partial charge in [-0.2, -0.15) is 0 Å². The Morgan fingerprint density at radius 1 is 0.500 bits per heavy atom. The third kappa shape index (κ3) is 5.08. The van der Waals surface area contributed by atoms with Crippen LogP contribution in [0.15, 0.2) is 121 Å². The summed E-state index contributed by atoms with van der Waals surface area (Å²) in [5, 5.41) is 3.82. The van der Waals surface area contributed by atoms with E-state index in [-0.39, 0.29) is 0 Å². The van der Waals surface area contributed by atoms with Gasteiger partial charge in [0, 0.05) is 5.56 Å². The van der Waals surface area contributed by atoms with E-state index in [0.29, 0.717) is 13.2 Å². The Bertz CT molecular complexity index is 1130. The lowest BCUT2D eigenvalue weighted by Gasteiger charge is -2.28. The molecule has 0 radical (unpaired) electrons. The normalized spacial score (nSPS) is 10.4. The van der Waals surface area contributed by atoms with Crippen LogP contribution in [0.25, 0.3) is 0 Å². The number of hydrogen-bond acceptors (Lipinski definition) is 1. The van der Waals surface area contributed by atoms with Gasteiger partial charge < -0.3 is 4.74 Å². The molecule has 0 saturated carbocycles. The maximum absolute atomic E-state index is 5.73. The first-order chi connectivity index (χ1) is 15.9. The summed E-state index contributed by atoms with van der Waals surface area (Å²) in [6, 6.07) is 41.9. The summed E-state index contributed by atoms with van der Waals surface area (Å²) in [4.78, 5) is 0. The highest BCUT2D eigenvalue weighted by Crippen LogP contribution is 2.07. The maximum atomic E-state index is 5.73. The van der Waals surface area contributed by atoms with E-state index in [9.17, 15) is 0 Å². The molecule has 32 heavy (non-hydrogen) atoms. The van der Waals surface area contributed by atoms with Crippen molar-refractivity contribution in [2.45, 2.75) is 0 Å². The molecule has 2 heteroatoms. The van der Waals surface area contributed by atoms with Crippen molar-refractivity contribution in [3.63, 3.8) is 0 Å². The Labute approximate surface area is 191 Å². The molecule has 0 fully saturated rings. The minimum atomic E-state index is -2.52. The second-order valence-corrected chi connectivity index (χ2v) is 10.8. The van der Waals surface area contributed by atoms with Crippen molar-refractivity contribution in [3.05, 3.63) is 127 Å². The molecule has 4 aromatic rings. The van der Waals surface area contributed by atoms with Crippen molar-refractivity contribution in [3.8, 4) is 23.3 Å². The van der Waals surface area contributed by atoms with Gasteiger partial charge >= 0.3 is 0 Å². The molecule has 4 aromatic carbocycles. The second-order valence-electron chi connectivity index (χ2n) is 7.31. The van der Waals surface area contributed by atoms with Gasteiger partial charge in [0.2, 0.25) is 8.07 Å². The Kier molecular flexibility index (Phi) is 7.35. The molecule has 0 aliphatic carbocycles. The monoisotopic (exact) mass is 428 g/mol. The van der Waals surface area contributed by atoms with Crippen LogP contribution in [-0.4, -0.2) is 21.3 Å². The molecule has 0 atom stereocenters. The summed E-state index contributed by atoms with van der Waals surface area (Å²) in [5.41, 5.74) is 4.70. The Hall–Kier alpha value is -3.82. The van der Waals surface area contributed by atoms with Gasteiger partial charge in [0.15, 0.2) is 0 Å². The van der Waals surface area contributed by atoms with E-state index in [1.54, 1.807) is 0 Å². The van der Waals surface area contributed by atoms with Gasteiger partial charge in [-0.15, -0.1) is 5.54 Å². The van der Waals surface area contributed by atoms with Gasteiger partial charge in [0.1, 0.15) is 13.2 Å². The van der Waals surface area contributed by atoms with E-state index in [0.717, 1.165) is 5.56 Å². The van der Waals surface area contributed by atoms with Gasteiger partial charge in [-0.25, -0.2) is 0 Å². The van der Waals surface area contributed by atoms with Gasteiger partial charge in [-0.3, -0.25) is 0 Å². The van der Waals surface area contributed by atoms with Gasteiger partial charge in [0.25, 0.3) is 0 Å². The first kappa shape index (κ1) is 21.4. The van der Waals surface area contributed by atoms with Crippen molar-refractivity contribution >= 4 is 23.6 Å². The summed E-state index contributed by atoms with van der Waals surface area (Å²) in [6.07, 6.45) is 0. The summed E-state index contributed by atoms with van der Waals surface area (Å²) in [5.74, 6) is 9.52.